The highest BCUT2D eigenvalue weighted by molar-refractivity contribution is 6.13. The van der Waals surface area contributed by atoms with Gasteiger partial charge >= 0.3 is 0 Å². The summed E-state index contributed by atoms with van der Waals surface area (Å²) in [5.74, 6) is -1.24. The van der Waals surface area contributed by atoms with Gasteiger partial charge in [0.25, 0.3) is 0 Å². The van der Waals surface area contributed by atoms with Crippen molar-refractivity contribution in [2.75, 3.05) is 0 Å². The third kappa shape index (κ3) is 4.27. The molecule has 204 valence electrons. The van der Waals surface area contributed by atoms with Crippen LogP contribution in [0.15, 0.2) is 120 Å². The van der Waals surface area contributed by atoms with Gasteiger partial charge in [-0.05, 0) is 59.3 Å². The van der Waals surface area contributed by atoms with Crippen molar-refractivity contribution in [1.82, 2.24) is 0 Å². The maximum Gasteiger partial charge on any atom is 0.219 e. The molecule has 0 bridgehead atoms. The van der Waals surface area contributed by atoms with Crippen LogP contribution in [0.5, 0.6) is 0 Å². The van der Waals surface area contributed by atoms with Crippen LogP contribution in [0.1, 0.15) is 15.2 Å². The van der Waals surface area contributed by atoms with Gasteiger partial charge in [-0.2, -0.15) is 0 Å². The van der Waals surface area contributed by atoms with Crippen molar-refractivity contribution in [3.8, 4) is 44.6 Å². The van der Waals surface area contributed by atoms with Crippen molar-refractivity contribution in [2.45, 2.75) is 13.8 Å². The molecule has 0 saturated heterocycles. The van der Waals surface area contributed by atoms with Gasteiger partial charge in [0.2, 0.25) is 5.69 Å². The molecule has 7 aromatic rings. The Morgan fingerprint density at radius 2 is 1.14 bits per heavy atom. The van der Waals surface area contributed by atoms with Crippen molar-refractivity contribution in [3.63, 3.8) is 0 Å². The molecule has 0 atom stereocenters. The van der Waals surface area contributed by atoms with Crippen LogP contribution in [-0.2, 0) is 7.05 Å². The van der Waals surface area contributed by atoms with Gasteiger partial charge in [0.15, 0.2) is 6.20 Å². The molecule has 0 fully saturated rings. The lowest BCUT2D eigenvalue weighted by atomic mass is 9.96. The second kappa shape index (κ2) is 10.1. The van der Waals surface area contributed by atoms with E-state index in [-0.39, 0.29) is 5.56 Å². The molecule has 0 aliphatic rings. The van der Waals surface area contributed by atoms with Crippen molar-refractivity contribution in [1.29, 1.82) is 0 Å². The van der Waals surface area contributed by atoms with Crippen LogP contribution in [0.4, 0.5) is 8.78 Å². The standard InChI is InChI=1S/C38H28F2NO/c1-23-9-18-30-31-19-20-32(39)36(38(31)42-37(30)35(23)34-21-33(40)24(2)22-41(34)3)29-16-14-28(15-17-29)27-12-10-26(11-13-27)25-7-5-4-6-8-25/h4-22H,1-3H3/q+1/i2D3. The van der Waals surface area contributed by atoms with Gasteiger partial charge in [0, 0.05) is 26.5 Å². The van der Waals surface area contributed by atoms with Gasteiger partial charge in [0.05, 0.1) is 11.1 Å². The van der Waals surface area contributed by atoms with Crippen molar-refractivity contribution in [3.05, 3.63) is 138 Å². The molecule has 42 heavy (non-hydrogen) atoms. The van der Waals surface area contributed by atoms with Gasteiger partial charge in [0.1, 0.15) is 29.8 Å². The largest absolute Gasteiger partial charge is 0.454 e. The zero-order valence-corrected chi connectivity index (χ0v) is 23.1. The molecule has 4 heteroatoms. The molecular formula is C38H28F2NO+. The second-order valence-corrected chi connectivity index (χ2v) is 10.6. The Kier molecular flexibility index (Phi) is 5.42. The SMILES string of the molecule is [2H]C([2H])([2H])c1c[n+](C)c(-c2c(C)ccc3c2oc2c(-c4ccc(-c5ccc(-c6ccccc6)cc5)cc4)c(F)ccc23)cc1F. The molecule has 0 unspecified atom stereocenters. The number of hydrogen-bond acceptors (Lipinski definition) is 1. The summed E-state index contributed by atoms with van der Waals surface area (Å²) in [5, 5.41) is 1.48. The number of hydrogen-bond donors (Lipinski definition) is 0. The molecule has 0 spiro atoms. The molecule has 2 nitrogen and oxygen atoms in total. The van der Waals surface area contributed by atoms with E-state index >= 15 is 8.78 Å². The molecule has 0 radical (unpaired) electrons. The first-order valence-corrected chi connectivity index (χ1v) is 13.7. The van der Waals surface area contributed by atoms with Gasteiger partial charge in [-0.3, -0.25) is 0 Å². The highest BCUT2D eigenvalue weighted by Gasteiger charge is 2.24. The Labute approximate surface area is 247 Å². The molecule has 0 amide bonds. The minimum atomic E-state index is -2.59. The van der Waals surface area contributed by atoms with Gasteiger partial charge in [-0.15, -0.1) is 0 Å². The topological polar surface area (TPSA) is 17.0 Å². The third-order valence-corrected chi connectivity index (χ3v) is 7.95. The fraction of sp³-hybridized carbons (Fsp3) is 0.0789. The van der Waals surface area contributed by atoms with E-state index in [9.17, 15) is 0 Å². The van der Waals surface area contributed by atoms with Crippen molar-refractivity contribution < 1.29 is 21.9 Å². The lowest BCUT2D eigenvalue weighted by molar-refractivity contribution is -0.661. The van der Waals surface area contributed by atoms with Crippen LogP contribution in [-0.4, -0.2) is 0 Å². The van der Waals surface area contributed by atoms with E-state index in [0.29, 0.717) is 33.6 Å². The number of aromatic nitrogens is 1. The first-order chi connectivity index (χ1) is 21.6. The predicted octanol–water partition coefficient (Wildman–Crippen LogP) is 9.97. The zero-order valence-electron chi connectivity index (χ0n) is 26.1. The second-order valence-electron chi connectivity index (χ2n) is 10.6. The lowest BCUT2D eigenvalue weighted by Crippen LogP contribution is -2.31. The smallest absolute Gasteiger partial charge is 0.219 e. The van der Waals surface area contributed by atoms with Crippen molar-refractivity contribution >= 4 is 21.9 Å². The summed E-state index contributed by atoms with van der Waals surface area (Å²) >= 11 is 0. The predicted molar refractivity (Wildman–Crippen MR) is 166 cm³/mol. The summed E-state index contributed by atoms with van der Waals surface area (Å²) in [6, 6.07) is 34.4. The molecule has 0 aliphatic carbocycles. The minimum Gasteiger partial charge on any atom is -0.454 e. The minimum absolute atomic E-state index is 0.339. The van der Waals surface area contributed by atoms with Crippen molar-refractivity contribution in [2.24, 2.45) is 7.05 Å². The van der Waals surface area contributed by atoms with E-state index in [1.807, 2.05) is 61.5 Å². The number of fused-ring (bicyclic) bond motifs is 3. The first kappa shape index (κ1) is 22.6. The molecule has 5 aromatic carbocycles. The summed E-state index contributed by atoms with van der Waals surface area (Å²) in [6.07, 6.45) is 1.29. The van der Waals surface area contributed by atoms with E-state index in [1.54, 1.807) is 17.7 Å². The Bertz CT molecular complexity index is 2220. The molecular weight excluding hydrogens is 524 g/mol. The highest BCUT2D eigenvalue weighted by atomic mass is 19.1. The quantitative estimate of drug-likeness (QED) is 0.198. The van der Waals surface area contributed by atoms with Crippen LogP contribution in [0.3, 0.4) is 0 Å². The zero-order chi connectivity index (χ0) is 31.5. The Hall–Kier alpha value is -5.09. The summed E-state index contributed by atoms with van der Waals surface area (Å²) in [6.45, 7) is -0.710. The number of nitrogens with zero attached hydrogens (tertiary/aromatic N) is 1. The fourth-order valence-corrected chi connectivity index (χ4v) is 5.75. The Balaban J connectivity index is 1.32. The number of rotatable bonds is 4. The van der Waals surface area contributed by atoms with Crippen LogP contribution in [0.25, 0.3) is 66.6 Å². The maximum absolute atomic E-state index is 15.6. The summed E-state index contributed by atoms with van der Waals surface area (Å²) in [7, 11) is 1.67. The van der Waals surface area contributed by atoms with E-state index < -0.39 is 18.5 Å². The number of halogens is 2. The number of benzene rings is 5. The molecule has 0 saturated carbocycles. The number of furan rings is 1. The molecule has 7 rings (SSSR count). The molecule has 0 N–H and O–H groups in total. The van der Waals surface area contributed by atoms with Gasteiger partial charge in [-0.1, -0.05) is 91.0 Å². The number of aryl methyl sites for hydroxylation is 3. The molecule has 2 aromatic heterocycles. The molecule has 0 aliphatic heterocycles. The normalized spacial score (nSPS) is 12.8. The van der Waals surface area contributed by atoms with E-state index in [0.717, 1.165) is 38.6 Å². The summed E-state index contributed by atoms with van der Waals surface area (Å²) < 4.78 is 61.8. The van der Waals surface area contributed by atoms with Crippen LogP contribution in [0, 0.1) is 25.4 Å². The molecule has 2 heterocycles. The summed E-state index contributed by atoms with van der Waals surface area (Å²) in [5.41, 5.74) is 7.72. The third-order valence-electron chi connectivity index (χ3n) is 7.95. The van der Waals surface area contributed by atoms with E-state index in [4.69, 9.17) is 8.53 Å². The van der Waals surface area contributed by atoms with Crippen LogP contribution in [0.2, 0.25) is 0 Å². The van der Waals surface area contributed by atoms with Crippen LogP contribution < -0.4 is 4.57 Å². The van der Waals surface area contributed by atoms with E-state index in [1.165, 1.54) is 18.3 Å². The van der Waals surface area contributed by atoms with Crippen LogP contribution >= 0.6 is 0 Å². The summed E-state index contributed by atoms with van der Waals surface area (Å²) in [4.78, 5) is 0. The average Bonchev–Trinajstić information content (AvgIpc) is 3.40. The van der Waals surface area contributed by atoms with Gasteiger partial charge in [-0.25, -0.2) is 13.3 Å². The number of pyridine rings is 1. The van der Waals surface area contributed by atoms with E-state index in [2.05, 4.69) is 36.4 Å². The first-order valence-electron chi connectivity index (χ1n) is 15.2. The maximum atomic E-state index is 15.6. The monoisotopic (exact) mass is 555 g/mol. The van der Waals surface area contributed by atoms with Gasteiger partial charge < -0.3 is 4.42 Å². The lowest BCUT2D eigenvalue weighted by Gasteiger charge is -2.08. The Morgan fingerprint density at radius 3 is 1.76 bits per heavy atom. The fourth-order valence-electron chi connectivity index (χ4n) is 5.75. The Morgan fingerprint density at radius 1 is 0.595 bits per heavy atom. The highest BCUT2D eigenvalue weighted by Crippen LogP contribution is 2.42. The average molecular weight is 556 g/mol.